The average Bonchev–Trinajstić information content (AvgIpc) is 3.15. The quantitative estimate of drug-likeness (QED) is 0.399. The highest BCUT2D eigenvalue weighted by Gasteiger charge is 2.08. The van der Waals surface area contributed by atoms with E-state index in [1.807, 2.05) is 10.8 Å². The molecule has 0 radical (unpaired) electrons. The number of imidazole rings is 1. The first kappa shape index (κ1) is 14.6. The standard InChI is InChI=1S/C14H17N5O2/c15-11(13-3-1-8-21-13)9-12(16)14(20)18-4-2-6-19-7-5-17-10-19/h1,3,5,7-10,15H,2,4,6,16H2,(H,18,20)/b12-9-,15-11?. The van der Waals surface area contributed by atoms with E-state index < -0.39 is 5.91 Å². The molecule has 0 unspecified atom stereocenters. The Kier molecular flexibility index (Phi) is 4.92. The number of hydrogen-bond donors (Lipinski definition) is 3. The molecule has 0 bridgehead atoms. The fourth-order valence-corrected chi connectivity index (χ4v) is 1.71. The third kappa shape index (κ3) is 4.34. The van der Waals surface area contributed by atoms with Crippen molar-refractivity contribution >= 4 is 11.6 Å². The Morgan fingerprint density at radius 1 is 1.57 bits per heavy atom. The van der Waals surface area contributed by atoms with E-state index in [1.54, 1.807) is 24.7 Å². The third-order valence-corrected chi connectivity index (χ3v) is 2.79. The molecule has 0 atom stereocenters. The van der Waals surface area contributed by atoms with Gasteiger partial charge in [0.1, 0.15) is 0 Å². The van der Waals surface area contributed by atoms with Gasteiger partial charge in [0, 0.05) is 25.5 Å². The van der Waals surface area contributed by atoms with Crippen LogP contribution in [0.15, 0.2) is 53.3 Å². The van der Waals surface area contributed by atoms with Gasteiger partial charge in [0.25, 0.3) is 5.91 Å². The molecule has 0 saturated carbocycles. The number of aromatic nitrogens is 2. The summed E-state index contributed by atoms with van der Waals surface area (Å²) >= 11 is 0. The summed E-state index contributed by atoms with van der Waals surface area (Å²) in [4.78, 5) is 15.7. The molecule has 0 fully saturated rings. The summed E-state index contributed by atoms with van der Waals surface area (Å²) in [6.07, 6.45) is 8.81. The molecule has 2 aromatic heterocycles. The van der Waals surface area contributed by atoms with Crippen molar-refractivity contribution < 1.29 is 9.21 Å². The normalized spacial score (nSPS) is 11.3. The Bertz CT molecular complexity index is 614. The first-order valence-corrected chi connectivity index (χ1v) is 6.50. The van der Waals surface area contributed by atoms with Crippen LogP contribution < -0.4 is 11.1 Å². The van der Waals surface area contributed by atoms with Gasteiger partial charge in [-0.05, 0) is 24.6 Å². The summed E-state index contributed by atoms with van der Waals surface area (Å²) in [5.41, 5.74) is 5.70. The Morgan fingerprint density at radius 2 is 2.43 bits per heavy atom. The van der Waals surface area contributed by atoms with Gasteiger partial charge in [-0.3, -0.25) is 10.2 Å². The van der Waals surface area contributed by atoms with Crippen molar-refractivity contribution in [2.24, 2.45) is 5.73 Å². The minimum absolute atomic E-state index is 0.0148. The topological polar surface area (TPSA) is 110 Å². The molecule has 0 aromatic carbocycles. The average molecular weight is 287 g/mol. The summed E-state index contributed by atoms with van der Waals surface area (Å²) in [5.74, 6) is -0.0252. The number of rotatable bonds is 7. The van der Waals surface area contributed by atoms with Gasteiger partial charge < -0.3 is 20.0 Å². The van der Waals surface area contributed by atoms with Gasteiger partial charge in [-0.15, -0.1) is 0 Å². The monoisotopic (exact) mass is 287 g/mol. The van der Waals surface area contributed by atoms with E-state index in [2.05, 4.69) is 10.3 Å². The van der Waals surface area contributed by atoms with E-state index in [1.165, 1.54) is 12.3 Å². The minimum Gasteiger partial charge on any atom is -0.463 e. The number of hydrogen-bond acceptors (Lipinski definition) is 5. The molecule has 0 aliphatic rings. The molecule has 110 valence electrons. The first-order valence-electron chi connectivity index (χ1n) is 6.50. The molecular weight excluding hydrogens is 270 g/mol. The Hall–Kier alpha value is -2.83. The predicted octanol–water partition coefficient (Wildman–Crippen LogP) is 0.893. The highest BCUT2D eigenvalue weighted by molar-refractivity contribution is 6.09. The number of carbonyl (C=O) groups is 1. The maximum atomic E-state index is 11.8. The number of nitrogens with one attached hydrogen (secondary N) is 2. The molecule has 21 heavy (non-hydrogen) atoms. The highest BCUT2D eigenvalue weighted by Crippen LogP contribution is 2.03. The van der Waals surface area contributed by atoms with E-state index in [9.17, 15) is 4.79 Å². The van der Waals surface area contributed by atoms with Crippen LogP contribution in [-0.2, 0) is 11.3 Å². The molecule has 7 heteroatoms. The van der Waals surface area contributed by atoms with Gasteiger partial charge in [0.2, 0.25) is 0 Å². The van der Waals surface area contributed by atoms with E-state index in [4.69, 9.17) is 15.6 Å². The number of furan rings is 1. The number of nitrogens with two attached hydrogens (primary N) is 1. The van der Waals surface area contributed by atoms with E-state index in [0.717, 1.165) is 13.0 Å². The zero-order chi connectivity index (χ0) is 15.1. The summed E-state index contributed by atoms with van der Waals surface area (Å²) in [6.45, 7) is 1.27. The SMILES string of the molecule is N=C(/C=C(\N)C(=O)NCCCn1ccnc1)c1ccco1. The smallest absolute Gasteiger partial charge is 0.267 e. The highest BCUT2D eigenvalue weighted by atomic mass is 16.3. The molecular formula is C14H17N5O2. The fraction of sp³-hybridized carbons (Fsp3) is 0.214. The van der Waals surface area contributed by atoms with Crippen LogP contribution in [0.5, 0.6) is 0 Å². The van der Waals surface area contributed by atoms with Crippen molar-refractivity contribution in [3.05, 3.63) is 54.7 Å². The lowest BCUT2D eigenvalue weighted by Gasteiger charge is -2.06. The molecule has 2 heterocycles. The number of carbonyl (C=O) groups excluding carboxylic acids is 1. The molecule has 4 N–H and O–H groups in total. The minimum atomic E-state index is -0.392. The largest absolute Gasteiger partial charge is 0.463 e. The van der Waals surface area contributed by atoms with Gasteiger partial charge in [-0.1, -0.05) is 0 Å². The van der Waals surface area contributed by atoms with Crippen molar-refractivity contribution in [3.63, 3.8) is 0 Å². The summed E-state index contributed by atoms with van der Waals surface area (Å²) < 4.78 is 6.98. The summed E-state index contributed by atoms with van der Waals surface area (Å²) in [7, 11) is 0. The van der Waals surface area contributed by atoms with Gasteiger partial charge in [0.15, 0.2) is 5.76 Å². The van der Waals surface area contributed by atoms with Crippen LogP contribution in [0.25, 0.3) is 0 Å². The molecule has 0 saturated heterocycles. The summed E-state index contributed by atoms with van der Waals surface area (Å²) in [5, 5.41) is 10.4. The number of allylic oxidation sites excluding steroid dienone is 1. The molecule has 7 nitrogen and oxygen atoms in total. The third-order valence-electron chi connectivity index (χ3n) is 2.79. The Labute approximate surface area is 122 Å². The number of amides is 1. The van der Waals surface area contributed by atoms with E-state index in [0.29, 0.717) is 12.3 Å². The van der Waals surface area contributed by atoms with Crippen LogP contribution in [0.3, 0.4) is 0 Å². The van der Waals surface area contributed by atoms with E-state index in [-0.39, 0.29) is 11.4 Å². The molecule has 0 aliphatic carbocycles. The van der Waals surface area contributed by atoms with Crippen LogP contribution in [0, 0.1) is 5.41 Å². The van der Waals surface area contributed by atoms with Crippen LogP contribution in [0.2, 0.25) is 0 Å². The lowest BCUT2D eigenvalue weighted by atomic mass is 10.2. The van der Waals surface area contributed by atoms with Crippen molar-refractivity contribution in [1.29, 1.82) is 5.41 Å². The predicted molar refractivity (Wildman–Crippen MR) is 77.7 cm³/mol. The second-order valence-electron chi connectivity index (χ2n) is 4.40. The zero-order valence-corrected chi connectivity index (χ0v) is 11.5. The molecule has 2 aromatic rings. The number of nitrogens with zero attached hydrogens (tertiary/aromatic N) is 2. The second kappa shape index (κ2) is 7.09. The van der Waals surface area contributed by atoms with E-state index >= 15 is 0 Å². The molecule has 0 spiro atoms. The maximum Gasteiger partial charge on any atom is 0.267 e. The zero-order valence-electron chi connectivity index (χ0n) is 11.5. The lowest BCUT2D eigenvalue weighted by molar-refractivity contribution is -0.117. The van der Waals surface area contributed by atoms with Gasteiger partial charge in [-0.2, -0.15) is 0 Å². The number of aryl methyl sites for hydroxylation is 1. The van der Waals surface area contributed by atoms with Gasteiger partial charge in [0.05, 0.1) is 24.0 Å². The van der Waals surface area contributed by atoms with Gasteiger partial charge >= 0.3 is 0 Å². The second-order valence-corrected chi connectivity index (χ2v) is 4.40. The van der Waals surface area contributed by atoms with Crippen LogP contribution >= 0.6 is 0 Å². The summed E-state index contributed by atoms with van der Waals surface area (Å²) in [6, 6.07) is 3.30. The van der Waals surface area contributed by atoms with Crippen molar-refractivity contribution in [2.45, 2.75) is 13.0 Å². The Balaban J connectivity index is 1.75. The van der Waals surface area contributed by atoms with Crippen LogP contribution in [0.1, 0.15) is 12.2 Å². The molecule has 0 aliphatic heterocycles. The maximum absolute atomic E-state index is 11.8. The van der Waals surface area contributed by atoms with Crippen molar-refractivity contribution in [1.82, 2.24) is 14.9 Å². The van der Waals surface area contributed by atoms with Crippen LogP contribution in [-0.4, -0.2) is 27.7 Å². The fourth-order valence-electron chi connectivity index (χ4n) is 1.71. The van der Waals surface area contributed by atoms with Crippen LogP contribution in [0.4, 0.5) is 0 Å². The Morgan fingerprint density at radius 3 is 3.10 bits per heavy atom. The molecule has 2 rings (SSSR count). The van der Waals surface area contributed by atoms with Gasteiger partial charge in [-0.25, -0.2) is 4.98 Å². The first-order chi connectivity index (χ1) is 10.2. The van der Waals surface area contributed by atoms with Crippen molar-refractivity contribution in [3.8, 4) is 0 Å². The van der Waals surface area contributed by atoms with Crippen molar-refractivity contribution in [2.75, 3.05) is 6.54 Å². The lowest BCUT2D eigenvalue weighted by Crippen LogP contribution is -2.30. The molecule has 1 amide bonds.